The molecule has 0 amide bonds. The minimum Gasteiger partial charge on any atom is -0.461 e. The van der Waals surface area contributed by atoms with Gasteiger partial charge >= 0.3 is 12.1 Å². The fourth-order valence-corrected chi connectivity index (χ4v) is 5.74. The quantitative estimate of drug-likeness (QED) is 0.120. The number of esters is 1. The van der Waals surface area contributed by atoms with Crippen molar-refractivity contribution in [3.63, 3.8) is 0 Å². The maximum Gasteiger partial charge on any atom is 0.417 e. The summed E-state index contributed by atoms with van der Waals surface area (Å²) in [5, 5.41) is -0.261. The molecule has 0 radical (unpaired) electrons. The third kappa shape index (κ3) is 8.25. The monoisotopic (exact) mass is 607 g/mol. The Bertz CT molecular complexity index is 1470. The van der Waals surface area contributed by atoms with E-state index < -0.39 is 11.7 Å². The SMILES string of the molecule is O=C1Cc2cc(COCCCN(Cc3cccc(C(F)(F)F)c3Cl)CC(c3ccccc3)c3ccccc3)ccc2CO1. The Kier molecular flexibility index (Phi) is 10.2. The van der Waals surface area contributed by atoms with Crippen molar-refractivity contribution in [2.75, 3.05) is 19.7 Å². The van der Waals surface area contributed by atoms with Gasteiger partial charge in [0, 0.05) is 32.2 Å². The van der Waals surface area contributed by atoms with Crippen LogP contribution in [0.2, 0.25) is 5.02 Å². The molecule has 4 nitrogen and oxygen atoms in total. The minimum atomic E-state index is -4.53. The summed E-state index contributed by atoms with van der Waals surface area (Å²) in [5.41, 5.74) is 4.82. The molecule has 0 fully saturated rings. The van der Waals surface area contributed by atoms with E-state index in [1.165, 1.54) is 6.07 Å². The number of hydrogen-bond acceptors (Lipinski definition) is 4. The van der Waals surface area contributed by atoms with Crippen molar-refractivity contribution in [3.05, 3.63) is 141 Å². The van der Waals surface area contributed by atoms with E-state index in [0.717, 1.165) is 33.9 Å². The van der Waals surface area contributed by atoms with Gasteiger partial charge in [0.15, 0.2) is 0 Å². The molecule has 0 N–H and O–H groups in total. The maximum atomic E-state index is 13.6. The molecule has 0 aromatic heterocycles. The number of alkyl halides is 3. The van der Waals surface area contributed by atoms with E-state index in [0.29, 0.717) is 44.9 Å². The van der Waals surface area contributed by atoms with Crippen molar-refractivity contribution in [1.82, 2.24) is 4.90 Å². The first-order chi connectivity index (χ1) is 20.8. The van der Waals surface area contributed by atoms with Crippen molar-refractivity contribution >= 4 is 17.6 Å². The largest absolute Gasteiger partial charge is 0.461 e. The number of cyclic esters (lactones) is 1. The molecule has 1 aliphatic heterocycles. The van der Waals surface area contributed by atoms with Gasteiger partial charge in [-0.2, -0.15) is 13.2 Å². The van der Waals surface area contributed by atoms with Gasteiger partial charge in [-0.05, 0) is 45.9 Å². The van der Waals surface area contributed by atoms with Crippen LogP contribution >= 0.6 is 11.6 Å². The Morgan fingerprint density at radius 3 is 2.26 bits per heavy atom. The van der Waals surface area contributed by atoms with E-state index in [9.17, 15) is 18.0 Å². The van der Waals surface area contributed by atoms with Crippen LogP contribution in [0.4, 0.5) is 13.2 Å². The summed E-state index contributed by atoms with van der Waals surface area (Å²) in [4.78, 5) is 13.8. The van der Waals surface area contributed by atoms with Gasteiger partial charge in [0.05, 0.1) is 23.6 Å². The lowest BCUT2D eigenvalue weighted by molar-refractivity contribution is -0.145. The van der Waals surface area contributed by atoms with Crippen LogP contribution < -0.4 is 0 Å². The number of ether oxygens (including phenoxy) is 2. The summed E-state index contributed by atoms with van der Waals surface area (Å²) >= 11 is 6.32. The summed E-state index contributed by atoms with van der Waals surface area (Å²) in [5.74, 6) is -0.217. The number of benzene rings is 4. The number of rotatable bonds is 12. The summed E-state index contributed by atoms with van der Waals surface area (Å²) in [6, 6.07) is 30.3. The van der Waals surface area contributed by atoms with Crippen LogP contribution in [0.3, 0.4) is 0 Å². The number of carbonyl (C=O) groups excluding carboxylic acids is 1. The number of carbonyl (C=O) groups is 1. The molecule has 0 spiro atoms. The van der Waals surface area contributed by atoms with Gasteiger partial charge in [0.1, 0.15) is 6.61 Å². The van der Waals surface area contributed by atoms with Crippen molar-refractivity contribution in [2.45, 2.75) is 44.7 Å². The summed E-state index contributed by atoms with van der Waals surface area (Å²) in [6.45, 7) is 2.61. The molecule has 43 heavy (non-hydrogen) atoms. The van der Waals surface area contributed by atoms with Crippen LogP contribution in [0.15, 0.2) is 97.1 Å². The van der Waals surface area contributed by atoms with E-state index in [1.807, 2.05) is 54.6 Å². The lowest BCUT2D eigenvalue weighted by Crippen LogP contribution is -2.31. The van der Waals surface area contributed by atoms with Crippen molar-refractivity contribution in [1.29, 1.82) is 0 Å². The Morgan fingerprint density at radius 1 is 0.884 bits per heavy atom. The van der Waals surface area contributed by atoms with Gasteiger partial charge in [-0.1, -0.05) is 103 Å². The van der Waals surface area contributed by atoms with Crippen LogP contribution in [0, 0.1) is 0 Å². The molecule has 0 saturated carbocycles. The van der Waals surface area contributed by atoms with Gasteiger partial charge in [-0.3, -0.25) is 9.69 Å². The lowest BCUT2D eigenvalue weighted by atomic mass is 9.90. The molecule has 224 valence electrons. The molecule has 1 aliphatic rings. The predicted molar refractivity (Wildman–Crippen MR) is 161 cm³/mol. The van der Waals surface area contributed by atoms with E-state index in [2.05, 4.69) is 29.2 Å². The van der Waals surface area contributed by atoms with Gasteiger partial charge < -0.3 is 9.47 Å². The summed E-state index contributed by atoms with van der Waals surface area (Å²) in [7, 11) is 0. The van der Waals surface area contributed by atoms with E-state index in [-0.39, 0.29) is 29.9 Å². The molecule has 4 aromatic rings. The fourth-order valence-electron chi connectivity index (χ4n) is 5.45. The first-order valence-electron chi connectivity index (χ1n) is 14.3. The number of hydrogen-bond donors (Lipinski definition) is 0. The van der Waals surface area contributed by atoms with Gasteiger partial charge in [0.25, 0.3) is 0 Å². The average Bonchev–Trinajstić information content (AvgIpc) is 3.00. The Labute approximate surface area is 255 Å². The first kappa shape index (κ1) is 30.8. The topological polar surface area (TPSA) is 38.8 Å². The normalized spacial score (nSPS) is 13.3. The standard InChI is InChI=1S/C35H33ClF3NO3/c36-34-28(13-7-14-32(34)35(37,38)39)21-40(22-31(26-9-3-1-4-10-26)27-11-5-2-6-12-27)17-8-18-42-23-25-15-16-29-24-43-33(41)20-30(29)19-25/h1-7,9-16,19,31H,8,17-18,20-24H2. The molecule has 4 aromatic carbocycles. The highest BCUT2D eigenvalue weighted by Gasteiger charge is 2.34. The molecule has 8 heteroatoms. The van der Waals surface area contributed by atoms with Crippen LogP contribution in [-0.2, 0) is 46.6 Å². The van der Waals surface area contributed by atoms with Crippen LogP contribution in [0.5, 0.6) is 0 Å². The van der Waals surface area contributed by atoms with E-state index in [4.69, 9.17) is 21.1 Å². The van der Waals surface area contributed by atoms with Crippen molar-refractivity contribution < 1.29 is 27.4 Å². The zero-order valence-electron chi connectivity index (χ0n) is 23.7. The molecule has 0 saturated heterocycles. The van der Waals surface area contributed by atoms with Gasteiger partial charge in [-0.25, -0.2) is 0 Å². The second kappa shape index (κ2) is 14.2. The summed E-state index contributed by atoms with van der Waals surface area (Å²) in [6.07, 6.45) is -3.59. The Morgan fingerprint density at radius 2 is 1.58 bits per heavy atom. The van der Waals surface area contributed by atoms with Gasteiger partial charge in [0.2, 0.25) is 0 Å². The third-order valence-electron chi connectivity index (χ3n) is 7.65. The molecule has 1 heterocycles. The first-order valence-corrected chi connectivity index (χ1v) is 14.7. The third-order valence-corrected chi connectivity index (χ3v) is 8.09. The number of nitrogens with zero attached hydrogens (tertiary/aromatic N) is 1. The predicted octanol–water partition coefficient (Wildman–Crippen LogP) is 8.20. The highest BCUT2D eigenvalue weighted by molar-refractivity contribution is 6.32. The average molecular weight is 608 g/mol. The number of fused-ring (bicyclic) bond motifs is 1. The second-order valence-corrected chi connectivity index (χ2v) is 11.1. The molecule has 5 rings (SSSR count). The molecule has 0 bridgehead atoms. The van der Waals surface area contributed by atoms with E-state index >= 15 is 0 Å². The fraction of sp³-hybridized carbons (Fsp3) is 0.286. The minimum absolute atomic E-state index is 0.00933. The van der Waals surface area contributed by atoms with Crippen LogP contribution in [-0.4, -0.2) is 30.6 Å². The summed E-state index contributed by atoms with van der Waals surface area (Å²) < 4.78 is 51.9. The molecule has 0 aliphatic carbocycles. The van der Waals surface area contributed by atoms with E-state index in [1.54, 1.807) is 6.07 Å². The van der Waals surface area contributed by atoms with Crippen LogP contribution in [0.1, 0.15) is 51.3 Å². The van der Waals surface area contributed by atoms with Crippen molar-refractivity contribution in [3.8, 4) is 0 Å². The molecular weight excluding hydrogens is 575 g/mol. The van der Waals surface area contributed by atoms with Gasteiger partial charge in [-0.15, -0.1) is 0 Å². The van der Waals surface area contributed by atoms with Crippen molar-refractivity contribution in [2.24, 2.45) is 0 Å². The highest BCUT2D eigenvalue weighted by Crippen LogP contribution is 2.37. The lowest BCUT2D eigenvalue weighted by Gasteiger charge is -2.29. The second-order valence-electron chi connectivity index (χ2n) is 10.7. The Balaban J connectivity index is 1.30. The molecule has 0 atom stereocenters. The zero-order valence-corrected chi connectivity index (χ0v) is 24.4. The maximum absolute atomic E-state index is 13.6. The molecule has 0 unspecified atom stereocenters. The number of halogens is 4. The smallest absolute Gasteiger partial charge is 0.417 e. The Hall–Kier alpha value is -3.65. The van der Waals surface area contributed by atoms with Crippen LogP contribution in [0.25, 0.3) is 0 Å². The zero-order chi connectivity index (χ0) is 30.2. The molecular formula is C35H33ClF3NO3. The highest BCUT2D eigenvalue weighted by atomic mass is 35.5.